The third-order valence-corrected chi connectivity index (χ3v) is 9.19. The summed E-state index contributed by atoms with van der Waals surface area (Å²) in [4.78, 5) is 11.5. The quantitative estimate of drug-likeness (QED) is 0.125. The van der Waals surface area contributed by atoms with Gasteiger partial charge in [-0.05, 0) is 63.9 Å². The minimum atomic E-state index is -0.416. The number of piperidine rings is 1. The van der Waals surface area contributed by atoms with Crippen LogP contribution in [0.5, 0.6) is 0 Å². The molecule has 13 heteroatoms. The highest BCUT2D eigenvalue weighted by Crippen LogP contribution is 2.37. The lowest BCUT2D eigenvalue weighted by atomic mass is 9.98. The van der Waals surface area contributed by atoms with E-state index in [0.717, 1.165) is 31.6 Å². The number of aromatic nitrogens is 2. The van der Waals surface area contributed by atoms with Crippen molar-refractivity contribution < 1.29 is 0 Å². The van der Waals surface area contributed by atoms with Crippen LogP contribution in [0.1, 0.15) is 50.9 Å². The minimum absolute atomic E-state index is 0. The first-order valence-corrected chi connectivity index (χ1v) is 16.0. The van der Waals surface area contributed by atoms with E-state index in [9.17, 15) is 5.26 Å². The molecule has 0 bridgehead atoms. The lowest BCUT2D eigenvalue weighted by Gasteiger charge is -2.41. The number of rotatable bonds is 8. The molecule has 2 aromatic heterocycles. The molecule has 232 valence electrons. The smallest absolute Gasteiger partial charge is 0.111 e. The Morgan fingerprint density at radius 2 is 1.82 bits per heavy atom. The van der Waals surface area contributed by atoms with E-state index < -0.39 is 6.04 Å². The van der Waals surface area contributed by atoms with Crippen molar-refractivity contribution in [3.63, 3.8) is 0 Å². The number of hydrogen-bond donors (Lipinski definition) is 5. The molecule has 1 saturated heterocycles. The van der Waals surface area contributed by atoms with Crippen molar-refractivity contribution in [3.05, 3.63) is 85.6 Å². The number of thiazole rings is 1. The van der Waals surface area contributed by atoms with E-state index >= 15 is 0 Å². The zero-order valence-corrected chi connectivity index (χ0v) is 27.9. The summed E-state index contributed by atoms with van der Waals surface area (Å²) >= 11 is 20.6. The molecule has 0 radical (unpaired) electrons. The number of hydrogen-bond acceptors (Lipinski definition) is 10. The Bertz CT molecular complexity index is 1670. The number of likely N-dealkylation sites (tertiary alicyclic amines) is 1. The van der Waals surface area contributed by atoms with Gasteiger partial charge in [0.15, 0.2) is 0 Å². The van der Waals surface area contributed by atoms with Crippen LogP contribution in [0.2, 0.25) is 15.1 Å². The molecule has 1 aliphatic heterocycles. The number of nitrogens with zero attached hydrogens (tertiary/aromatic N) is 4. The average molecular weight is 673 g/mol. The molecular formula is C31H36Cl3N9S. The van der Waals surface area contributed by atoms with Gasteiger partial charge in [0.05, 0.1) is 48.7 Å². The molecule has 5 rings (SSSR count). The number of halogens is 3. The monoisotopic (exact) mass is 671 g/mol. The van der Waals surface area contributed by atoms with E-state index in [2.05, 4.69) is 57.7 Å². The molecule has 0 spiro atoms. The first kappa shape index (κ1) is 33.6. The van der Waals surface area contributed by atoms with Gasteiger partial charge >= 0.3 is 0 Å². The lowest BCUT2D eigenvalue weighted by Crippen LogP contribution is -2.49. The second-order valence-electron chi connectivity index (χ2n) is 11.5. The molecule has 2 aromatic carbocycles. The van der Waals surface area contributed by atoms with Crippen molar-refractivity contribution in [3.8, 4) is 6.07 Å². The number of benzene rings is 2. The van der Waals surface area contributed by atoms with Gasteiger partial charge in [-0.3, -0.25) is 9.88 Å². The Morgan fingerprint density at radius 3 is 2.45 bits per heavy atom. The first-order chi connectivity index (χ1) is 20.5. The Morgan fingerprint density at radius 1 is 1.09 bits per heavy atom. The SMILES string of the molecule is CC(C)(C)N1CCC(N/C=C(\N)[C@@H](Nc2cc(Cl)c3ncc(C#N)c(Nc4ccc(Cl)c(Cl)c4)c3c2)c2cscn2)CC1.N. The Kier molecular flexibility index (Phi) is 10.8. The highest BCUT2D eigenvalue weighted by atomic mass is 35.5. The summed E-state index contributed by atoms with van der Waals surface area (Å²) in [6.07, 6.45) is 5.47. The predicted octanol–water partition coefficient (Wildman–Crippen LogP) is 8.23. The number of pyridine rings is 1. The van der Waals surface area contributed by atoms with E-state index in [1.807, 2.05) is 17.6 Å². The second kappa shape index (κ2) is 14.2. The zero-order valence-electron chi connectivity index (χ0n) is 24.8. The standard InChI is InChI=1S/C31H33Cl3N8S.H3N/c1-31(2,3)42-8-6-19(7-9-42)37-15-26(36)30(27-16-43-17-39-27)41-21-10-22-28(40-20-4-5-23(32)24(33)11-20)18(13-35)14-38-29(22)25(34)12-21;/h4-5,10-12,14-17,19,30,37,41H,6-9,36H2,1-3H3,(H,38,40);1H3/b26-15-;/t30-;/m1./s1. The van der Waals surface area contributed by atoms with Crippen molar-refractivity contribution in [2.75, 3.05) is 23.7 Å². The number of fused-ring (bicyclic) bond motifs is 1. The molecule has 0 amide bonds. The van der Waals surface area contributed by atoms with Gasteiger partial charge < -0.3 is 27.8 Å². The van der Waals surface area contributed by atoms with E-state index in [-0.39, 0.29) is 11.7 Å². The molecule has 4 aromatic rings. The van der Waals surface area contributed by atoms with Crippen LogP contribution >= 0.6 is 46.1 Å². The summed E-state index contributed by atoms with van der Waals surface area (Å²) < 4.78 is 0. The molecule has 44 heavy (non-hydrogen) atoms. The summed E-state index contributed by atoms with van der Waals surface area (Å²) in [5.41, 5.74) is 12.8. The minimum Gasteiger partial charge on any atom is -0.399 e. The fourth-order valence-electron chi connectivity index (χ4n) is 5.15. The maximum Gasteiger partial charge on any atom is 0.111 e. The Labute approximate surface area is 277 Å². The van der Waals surface area contributed by atoms with Gasteiger partial charge in [0.25, 0.3) is 0 Å². The van der Waals surface area contributed by atoms with Crippen molar-refractivity contribution >= 4 is 74.1 Å². The molecule has 1 fully saturated rings. The maximum absolute atomic E-state index is 9.89. The van der Waals surface area contributed by atoms with Crippen LogP contribution in [0.3, 0.4) is 0 Å². The molecule has 1 atom stereocenters. The number of anilines is 3. The van der Waals surface area contributed by atoms with Crippen molar-refractivity contribution in [2.24, 2.45) is 5.73 Å². The molecular weight excluding hydrogens is 637 g/mol. The van der Waals surface area contributed by atoms with E-state index in [1.54, 1.807) is 29.8 Å². The van der Waals surface area contributed by atoms with Crippen LogP contribution in [0.4, 0.5) is 17.1 Å². The highest BCUT2D eigenvalue weighted by Gasteiger charge is 2.27. The fourth-order valence-corrected chi connectivity index (χ4v) is 6.30. The average Bonchev–Trinajstić information content (AvgIpc) is 3.51. The van der Waals surface area contributed by atoms with Gasteiger partial charge in [-0.25, -0.2) is 4.98 Å². The van der Waals surface area contributed by atoms with Crippen LogP contribution in [-0.2, 0) is 0 Å². The summed E-state index contributed by atoms with van der Waals surface area (Å²) in [7, 11) is 0. The van der Waals surface area contributed by atoms with Crippen LogP contribution in [-0.4, -0.2) is 39.5 Å². The number of nitrogens with two attached hydrogens (primary N) is 1. The van der Waals surface area contributed by atoms with Gasteiger partial charge in [0.2, 0.25) is 0 Å². The van der Waals surface area contributed by atoms with Crippen LogP contribution < -0.4 is 27.8 Å². The van der Waals surface area contributed by atoms with Gasteiger partial charge in [-0.15, -0.1) is 11.3 Å². The maximum atomic E-state index is 9.89. The van der Waals surface area contributed by atoms with Crippen LogP contribution in [0.15, 0.2) is 59.3 Å². The number of nitriles is 1. The Hall–Kier alpha value is -3.30. The molecule has 0 saturated carbocycles. The second-order valence-corrected chi connectivity index (χ2v) is 13.4. The highest BCUT2D eigenvalue weighted by molar-refractivity contribution is 7.07. The van der Waals surface area contributed by atoms with Crippen LogP contribution in [0, 0.1) is 11.3 Å². The van der Waals surface area contributed by atoms with Crippen LogP contribution in [0.25, 0.3) is 10.9 Å². The number of nitrogens with one attached hydrogen (secondary N) is 3. The third-order valence-electron chi connectivity index (χ3n) is 7.56. The van der Waals surface area contributed by atoms with Gasteiger partial charge in [0.1, 0.15) is 12.1 Å². The topological polar surface area (TPSA) is 150 Å². The van der Waals surface area contributed by atoms with Crippen molar-refractivity contribution in [2.45, 2.75) is 51.2 Å². The van der Waals surface area contributed by atoms with Crippen molar-refractivity contribution in [1.29, 1.82) is 5.26 Å². The molecule has 3 heterocycles. The van der Waals surface area contributed by atoms with Gasteiger partial charge in [-0.1, -0.05) is 34.8 Å². The van der Waals surface area contributed by atoms with E-state index in [4.69, 9.17) is 40.5 Å². The molecule has 0 aliphatic carbocycles. The normalized spacial score (nSPS) is 15.3. The molecule has 0 unspecified atom stereocenters. The van der Waals surface area contributed by atoms with Gasteiger partial charge in [-0.2, -0.15) is 5.26 Å². The molecule has 9 nitrogen and oxygen atoms in total. The molecule has 1 aliphatic rings. The zero-order chi connectivity index (χ0) is 30.7. The fraction of sp³-hybridized carbons (Fsp3) is 0.323. The van der Waals surface area contributed by atoms with Crippen molar-refractivity contribution in [1.82, 2.24) is 26.3 Å². The Balaban J connectivity index is 0.00000442. The van der Waals surface area contributed by atoms with E-state index in [1.165, 1.54) is 17.5 Å². The summed E-state index contributed by atoms with van der Waals surface area (Å²) in [5.74, 6) is 0. The summed E-state index contributed by atoms with van der Waals surface area (Å²) in [6, 6.07) is 11.0. The summed E-state index contributed by atoms with van der Waals surface area (Å²) in [5, 5.41) is 24.1. The van der Waals surface area contributed by atoms with Gasteiger partial charge in [0, 0.05) is 59.2 Å². The largest absolute Gasteiger partial charge is 0.399 e. The lowest BCUT2D eigenvalue weighted by molar-refractivity contribution is 0.0988. The molecule has 8 N–H and O–H groups in total. The van der Waals surface area contributed by atoms with E-state index in [0.29, 0.717) is 60.3 Å². The predicted molar refractivity (Wildman–Crippen MR) is 184 cm³/mol. The first-order valence-electron chi connectivity index (χ1n) is 13.9. The summed E-state index contributed by atoms with van der Waals surface area (Å²) in [6.45, 7) is 8.84. The third kappa shape index (κ3) is 7.67.